The number of carboxylic acid groups (broad SMARTS) is 1. The minimum Gasteiger partial charge on any atom is -0.480 e. The van der Waals surface area contributed by atoms with Crippen LogP contribution in [0.3, 0.4) is 0 Å². The molecule has 1 aromatic heterocycles. The molecule has 1 aromatic rings. The summed E-state index contributed by atoms with van der Waals surface area (Å²) in [4.78, 5) is 59.2. The standard InChI is InChI=1S/C18H31N9O5S/c1-9(25-15(29)11(19)3-2-4-23-18(20)21)14(28)26-12(5-10-6-22-8-24-10)16(30)27-13(7-33)17(31)32/h6,8-9,11-13,33H,2-5,7,19H2,1H3,(H,22,24)(H,25,29)(H,26,28)(H,27,30)(H,31,32)(H4,20,21,23). The Morgan fingerprint density at radius 3 is 2.36 bits per heavy atom. The first-order valence-electron chi connectivity index (χ1n) is 10.1. The Morgan fingerprint density at radius 2 is 1.82 bits per heavy atom. The van der Waals surface area contributed by atoms with Crippen LogP contribution in [0.15, 0.2) is 17.5 Å². The van der Waals surface area contributed by atoms with E-state index in [2.05, 4.69) is 43.5 Å². The molecular formula is C18H31N9O5S. The van der Waals surface area contributed by atoms with Crippen LogP contribution in [0.5, 0.6) is 0 Å². The third kappa shape index (κ3) is 10.2. The smallest absolute Gasteiger partial charge is 0.327 e. The summed E-state index contributed by atoms with van der Waals surface area (Å²) in [6.07, 6.45) is 3.64. The van der Waals surface area contributed by atoms with Gasteiger partial charge in [0.05, 0.1) is 12.4 Å². The number of carbonyl (C=O) groups excluding carboxylic acids is 3. The van der Waals surface area contributed by atoms with Crippen LogP contribution in [-0.4, -0.2) is 81.2 Å². The van der Waals surface area contributed by atoms with Gasteiger partial charge in [-0.2, -0.15) is 12.6 Å². The van der Waals surface area contributed by atoms with Crippen molar-refractivity contribution in [2.24, 2.45) is 22.2 Å². The zero-order valence-electron chi connectivity index (χ0n) is 18.2. The van der Waals surface area contributed by atoms with Crippen molar-refractivity contribution in [2.45, 2.75) is 50.4 Å². The number of aliphatic carboxylic acids is 1. The van der Waals surface area contributed by atoms with E-state index in [0.717, 1.165) is 0 Å². The minimum atomic E-state index is -1.26. The summed E-state index contributed by atoms with van der Waals surface area (Å²) in [5, 5.41) is 16.5. The van der Waals surface area contributed by atoms with E-state index in [1.807, 2.05) is 0 Å². The van der Waals surface area contributed by atoms with E-state index in [-0.39, 0.29) is 18.1 Å². The maximum Gasteiger partial charge on any atom is 0.327 e. The number of imidazole rings is 1. The Hall–Kier alpha value is -3.33. The number of amides is 3. The number of carbonyl (C=O) groups is 4. The van der Waals surface area contributed by atoms with Crippen LogP contribution in [0.4, 0.5) is 0 Å². The first kappa shape index (κ1) is 27.7. The molecule has 1 rings (SSSR count). The summed E-state index contributed by atoms with van der Waals surface area (Å²) in [6, 6.07) is -4.27. The van der Waals surface area contributed by atoms with Crippen molar-refractivity contribution in [3.8, 4) is 0 Å². The number of hydrogen-bond donors (Lipinski definition) is 9. The van der Waals surface area contributed by atoms with Gasteiger partial charge < -0.3 is 43.2 Å². The van der Waals surface area contributed by atoms with Gasteiger partial charge in [-0.25, -0.2) is 9.78 Å². The van der Waals surface area contributed by atoms with Crippen molar-refractivity contribution in [1.29, 1.82) is 0 Å². The van der Waals surface area contributed by atoms with Crippen molar-refractivity contribution < 1.29 is 24.3 Å². The number of aromatic amines is 1. The van der Waals surface area contributed by atoms with Gasteiger partial charge in [-0.15, -0.1) is 0 Å². The molecule has 0 aliphatic heterocycles. The number of H-pyrrole nitrogens is 1. The summed E-state index contributed by atoms with van der Waals surface area (Å²) in [5.74, 6) is -3.41. The SMILES string of the molecule is CC(NC(=O)C(N)CCCN=C(N)N)C(=O)NC(Cc1cnc[nH]1)C(=O)NC(CS)C(=O)O. The van der Waals surface area contributed by atoms with Crippen LogP contribution in [0, 0.1) is 0 Å². The van der Waals surface area contributed by atoms with E-state index in [4.69, 9.17) is 22.3 Å². The summed E-state index contributed by atoms with van der Waals surface area (Å²) < 4.78 is 0. The van der Waals surface area contributed by atoms with Crippen LogP contribution < -0.4 is 33.2 Å². The molecule has 184 valence electrons. The fourth-order valence-corrected chi connectivity index (χ4v) is 2.86. The van der Waals surface area contributed by atoms with E-state index in [1.54, 1.807) is 0 Å². The van der Waals surface area contributed by atoms with Crippen molar-refractivity contribution >= 4 is 42.3 Å². The molecule has 0 spiro atoms. The second-order valence-corrected chi connectivity index (χ2v) is 7.57. The van der Waals surface area contributed by atoms with Gasteiger partial charge in [0.15, 0.2) is 5.96 Å². The van der Waals surface area contributed by atoms with Gasteiger partial charge in [0, 0.05) is 30.6 Å². The predicted octanol–water partition coefficient (Wildman–Crippen LogP) is -3.18. The largest absolute Gasteiger partial charge is 0.480 e. The van der Waals surface area contributed by atoms with Gasteiger partial charge in [0.2, 0.25) is 17.7 Å². The first-order valence-corrected chi connectivity index (χ1v) is 10.7. The van der Waals surface area contributed by atoms with Gasteiger partial charge in [0.25, 0.3) is 0 Å². The number of guanidine groups is 1. The topological polar surface area (TPSA) is 244 Å². The van der Waals surface area contributed by atoms with Crippen LogP contribution in [0.25, 0.3) is 0 Å². The molecule has 0 aliphatic rings. The number of aromatic nitrogens is 2. The molecule has 0 aliphatic carbocycles. The summed E-state index contributed by atoms with van der Waals surface area (Å²) in [5.41, 5.74) is 16.8. The molecule has 0 saturated heterocycles. The van der Waals surface area contributed by atoms with Crippen molar-refractivity contribution in [3.63, 3.8) is 0 Å². The lowest BCUT2D eigenvalue weighted by Gasteiger charge is -2.23. The second kappa shape index (κ2) is 13.9. The van der Waals surface area contributed by atoms with Crippen LogP contribution in [-0.2, 0) is 25.6 Å². The molecule has 3 amide bonds. The van der Waals surface area contributed by atoms with E-state index in [9.17, 15) is 19.2 Å². The molecular weight excluding hydrogens is 454 g/mol. The lowest BCUT2D eigenvalue weighted by Crippen LogP contribution is -2.57. The van der Waals surface area contributed by atoms with Crippen molar-refractivity contribution in [2.75, 3.05) is 12.3 Å². The van der Waals surface area contributed by atoms with Gasteiger partial charge in [-0.3, -0.25) is 19.4 Å². The van der Waals surface area contributed by atoms with E-state index in [1.165, 1.54) is 19.4 Å². The number of nitrogens with two attached hydrogens (primary N) is 3. The zero-order valence-corrected chi connectivity index (χ0v) is 19.0. The quantitative estimate of drug-likeness (QED) is 0.0557. The molecule has 0 aromatic carbocycles. The molecule has 14 nitrogen and oxygen atoms in total. The molecule has 15 heteroatoms. The molecule has 33 heavy (non-hydrogen) atoms. The lowest BCUT2D eigenvalue weighted by molar-refractivity contribution is -0.141. The Kier molecular flexibility index (Phi) is 11.7. The molecule has 0 fully saturated rings. The van der Waals surface area contributed by atoms with E-state index >= 15 is 0 Å². The lowest BCUT2D eigenvalue weighted by atomic mass is 10.1. The summed E-state index contributed by atoms with van der Waals surface area (Å²) >= 11 is 3.91. The fraction of sp³-hybridized carbons (Fsp3) is 0.556. The van der Waals surface area contributed by atoms with Gasteiger partial charge in [0.1, 0.15) is 18.1 Å². The van der Waals surface area contributed by atoms with Crippen LogP contribution in [0.2, 0.25) is 0 Å². The average Bonchev–Trinajstić information content (AvgIpc) is 3.26. The minimum absolute atomic E-state index is 0.0153. The highest BCUT2D eigenvalue weighted by molar-refractivity contribution is 7.80. The number of carboxylic acids is 1. The van der Waals surface area contributed by atoms with Gasteiger partial charge in [-0.1, -0.05) is 0 Å². The number of thiol groups is 1. The van der Waals surface area contributed by atoms with Gasteiger partial charge >= 0.3 is 5.97 Å². The normalized spacial score (nSPS) is 14.3. The highest BCUT2D eigenvalue weighted by atomic mass is 32.1. The van der Waals surface area contributed by atoms with Crippen molar-refractivity contribution in [1.82, 2.24) is 25.9 Å². The number of nitrogens with one attached hydrogen (secondary N) is 4. The highest BCUT2D eigenvalue weighted by Crippen LogP contribution is 2.02. The Bertz CT molecular complexity index is 829. The Balaban J connectivity index is 2.72. The molecule has 4 unspecified atom stereocenters. The molecule has 4 atom stereocenters. The van der Waals surface area contributed by atoms with Crippen LogP contribution >= 0.6 is 12.6 Å². The maximum absolute atomic E-state index is 12.6. The third-order valence-corrected chi connectivity index (χ3v) is 4.83. The predicted molar refractivity (Wildman–Crippen MR) is 123 cm³/mol. The molecule has 0 radical (unpaired) electrons. The summed E-state index contributed by atoms with van der Waals surface area (Å²) in [7, 11) is 0. The van der Waals surface area contributed by atoms with E-state index < -0.39 is 47.9 Å². The number of hydrogen-bond acceptors (Lipinski definition) is 8. The molecule has 0 saturated carbocycles. The summed E-state index contributed by atoms with van der Waals surface area (Å²) in [6.45, 7) is 1.74. The highest BCUT2D eigenvalue weighted by Gasteiger charge is 2.28. The molecule has 0 bridgehead atoms. The fourth-order valence-electron chi connectivity index (χ4n) is 2.62. The number of aliphatic imine (C=N–C) groups is 1. The van der Waals surface area contributed by atoms with E-state index in [0.29, 0.717) is 25.1 Å². The van der Waals surface area contributed by atoms with Crippen LogP contribution in [0.1, 0.15) is 25.5 Å². The number of nitrogens with zero attached hydrogens (tertiary/aromatic N) is 2. The average molecular weight is 486 g/mol. The second-order valence-electron chi connectivity index (χ2n) is 7.21. The zero-order chi connectivity index (χ0) is 25.0. The van der Waals surface area contributed by atoms with Crippen molar-refractivity contribution in [3.05, 3.63) is 18.2 Å². The first-order chi connectivity index (χ1) is 15.5. The monoisotopic (exact) mass is 485 g/mol. The third-order valence-electron chi connectivity index (χ3n) is 4.47. The Labute approximate surface area is 195 Å². The van der Waals surface area contributed by atoms with Gasteiger partial charge in [-0.05, 0) is 19.8 Å². The maximum atomic E-state index is 12.6. The Morgan fingerprint density at radius 1 is 1.15 bits per heavy atom. The number of rotatable bonds is 14. The molecule has 11 N–H and O–H groups in total. The molecule has 1 heterocycles.